The first kappa shape index (κ1) is 16.6. The van der Waals surface area contributed by atoms with Crippen LogP contribution in [0.4, 0.5) is 0 Å². The standard InChI is InChI=1S/C17H25NO4/c1-4-22-17(19)13-8-10-18(11-9-13)12-14-6-5-7-15(20-2)16(14)21-3/h5-7,13H,4,8-12H2,1-3H3. The topological polar surface area (TPSA) is 48.0 Å². The Hall–Kier alpha value is -1.75. The van der Waals surface area contributed by atoms with Crippen molar-refractivity contribution in [3.05, 3.63) is 23.8 Å². The van der Waals surface area contributed by atoms with E-state index in [1.807, 2.05) is 19.1 Å². The van der Waals surface area contributed by atoms with Gasteiger partial charge in [-0.05, 0) is 38.9 Å². The fraction of sp³-hybridized carbons (Fsp3) is 0.588. The van der Waals surface area contributed by atoms with Crippen molar-refractivity contribution in [2.24, 2.45) is 5.92 Å². The number of ether oxygens (including phenoxy) is 3. The molecule has 1 aromatic rings. The summed E-state index contributed by atoms with van der Waals surface area (Å²) in [5, 5.41) is 0. The molecule has 0 aliphatic carbocycles. The molecule has 1 aromatic carbocycles. The molecule has 0 saturated carbocycles. The van der Waals surface area contributed by atoms with E-state index in [0.29, 0.717) is 6.61 Å². The molecule has 22 heavy (non-hydrogen) atoms. The summed E-state index contributed by atoms with van der Waals surface area (Å²) in [6.45, 7) is 4.89. The molecule has 5 nitrogen and oxygen atoms in total. The predicted molar refractivity (Wildman–Crippen MR) is 84.2 cm³/mol. The lowest BCUT2D eigenvalue weighted by molar-refractivity contribution is -0.149. The number of rotatable bonds is 6. The predicted octanol–water partition coefficient (Wildman–Crippen LogP) is 2.48. The summed E-state index contributed by atoms with van der Waals surface area (Å²) in [5.74, 6) is 1.53. The van der Waals surface area contributed by atoms with Gasteiger partial charge < -0.3 is 14.2 Å². The Balaban J connectivity index is 1.95. The van der Waals surface area contributed by atoms with Gasteiger partial charge in [0.15, 0.2) is 11.5 Å². The maximum absolute atomic E-state index is 11.8. The van der Waals surface area contributed by atoms with Crippen LogP contribution in [0.1, 0.15) is 25.3 Å². The average molecular weight is 307 g/mol. The van der Waals surface area contributed by atoms with Crippen LogP contribution < -0.4 is 9.47 Å². The molecule has 1 aliphatic heterocycles. The van der Waals surface area contributed by atoms with Gasteiger partial charge in [0.2, 0.25) is 0 Å². The van der Waals surface area contributed by atoms with E-state index in [-0.39, 0.29) is 11.9 Å². The monoisotopic (exact) mass is 307 g/mol. The zero-order chi connectivity index (χ0) is 15.9. The van der Waals surface area contributed by atoms with Gasteiger partial charge in [-0.15, -0.1) is 0 Å². The quantitative estimate of drug-likeness (QED) is 0.756. The van der Waals surface area contributed by atoms with E-state index in [4.69, 9.17) is 14.2 Å². The first-order valence-corrected chi connectivity index (χ1v) is 7.78. The third kappa shape index (κ3) is 3.91. The van der Waals surface area contributed by atoms with Gasteiger partial charge in [0.25, 0.3) is 0 Å². The molecule has 1 fully saturated rings. The first-order chi connectivity index (χ1) is 10.7. The number of likely N-dealkylation sites (tertiary alicyclic amines) is 1. The van der Waals surface area contributed by atoms with Gasteiger partial charge in [-0.25, -0.2) is 0 Å². The van der Waals surface area contributed by atoms with Crippen LogP contribution in [0.25, 0.3) is 0 Å². The molecule has 0 aromatic heterocycles. The lowest BCUT2D eigenvalue weighted by Crippen LogP contribution is -2.36. The maximum atomic E-state index is 11.8. The summed E-state index contributed by atoms with van der Waals surface area (Å²) in [7, 11) is 3.31. The smallest absolute Gasteiger partial charge is 0.309 e. The van der Waals surface area contributed by atoms with Crippen LogP contribution in [0.3, 0.4) is 0 Å². The summed E-state index contributed by atoms with van der Waals surface area (Å²) in [5.41, 5.74) is 1.11. The van der Waals surface area contributed by atoms with Crippen LogP contribution in [0.2, 0.25) is 0 Å². The van der Waals surface area contributed by atoms with Gasteiger partial charge in [0.1, 0.15) is 0 Å². The molecule has 0 radical (unpaired) electrons. The van der Waals surface area contributed by atoms with Crippen molar-refractivity contribution < 1.29 is 19.0 Å². The highest BCUT2D eigenvalue weighted by atomic mass is 16.5. The van der Waals surface area contributed by atoms with Gasteiger partial charge in [-0.2, -0.15) is 0 Å². The normalized spacial score (nSPS) is 16.3. The average Bonchev–Trinajstić information content (AvgIpc) is 2.55. The van der Waals surface area contributed by atoms with Crippen LogP contribution in [0.5, 0.6) is 11.5 Å². The first-order valence-electron chi connectivity index (χ1n) is 7.78. The molecule has 0 unspecified atom stereocenters. The van der Waals surface area contributed by atoms with Gasteiger partial charge in [-0.3, -0.25) is 9.69 Å². The fourth-order valence-electron chi connectivity index (χ4n) is 2.91. The van der Waals surface area contributed by atoms with Crippen molar-refractivity contribution in [2.75, 3.05) is 33.9 Å². The van der Waals surface area contributed by atoms with E-state index in [0.717, 1.165) is 49.5 Å². The molecule has 0 amide bonds. The number of para-hydroxylation sites is 1. The highest BCUT2D eigenvalue weighted by Gasteiger charge is 2.26. The van der Waals surface area contributed by atoms with E-state index in [2.05, 4.69) is 11.0 Å². The molecule has 122 valence electrons. The molecule has 2 rings (SSSR count). The minimum atomic E-state index is -0.0545. The number of piperidine rings is 1. The lowest BCUT2D eigenvalue weighted by Gasteiger charge is -2.31. The van der Waals surface area contributed by atoms with Gasteiger partial charge in [-0.1, -0.05) is 12.1 Å². The molecular weight excluding hydrogens is 282 g/mol. The van der Waals surface area contributed by atoms with E-state index in [1.165, 1.54) is 0 Å². The largest absolute Gasteiger partial charge is 0.493 e. The molecule has 1 heterocycles. The Kier molecular flexibility index (Phi) is 6.07. The number of carbonyl (C=O) groups is 1. The van der Waals surface area contributed by atoms with Crippen molar-refractivity contribution in [1.29, 1.82) is 0 Å². The number of benzene rings is 1. The second-order valence-electron chi connectivity index (χ2n) is 5.46. The second-order valence-corrected chi connectivity index (χ2v) is 5.46. The Bertz CT molecular complexity index is 495. The van der Waals surface area contributed by atoms with Crippen LogP contribution in [0.15, 0.2) is 18.2 Å². The molecule has 0 bridgehead atoms. The van der Waals surface area contributed by atoms with Crippen LogP contribution >= 0.6 is 0 Å². The van der Waals surface area contributed by atoms with E-state index in [9.17, 15) is 4.79 Å². The summed E-state index contributed by atoms with van der Waals surface area (Å²) in [4.78, 5) is 14.1. The highest BCUT2D eigenvalue weighted by molar-refractivity contribution is 5.72. The number of esters is 1. The number of hydrogen-bond donors (Lipinski definition) is 0. The minimum absolute atomic E-state index is 0.0448. The Morgan fingerprint density at radius 2 is 1.95 bits per heavy atom. The molecular formula is C17H25NO4. The Morgan fingerprint density at radius 3 is 2.55 bits per heavy atom. The van der Waals surface area contributed by atoms with Crippen molar-refractivity contribution in [1.82, 2.24) is 4.90 Å². The Labute approximate surface area is 132 Å². The third-order valence-electron chi connectivity index (χ3n) is 4.09. The lowest BCUT2D eigenvalue weighted by atomic mass is 9.96. The van der Waals surface area contributed by atoms with Crippen molar-refractivity contribution in [2.45, 2.75) is 26.3 Å². The van der Waals surface area contributed by atoms with Crippen LogP contribution in [-0.2, 0) is 16.1 Å². The molecule has 0 N–H and O–H groups in total. The van der Waals surface area contributed by atoms with E-state index >= 15 is 0 Å². The van der Waals surface area contributed by atoms with Gasteiger partial charge >= 0.3 is 5.97 Å². The zero-order valence-corrected chi connectivity index (χ0v) is 13.6. The van der Waals surface area contributed by atoms with Gasteiger partial charge in [0.05, 0.1) is 26.7 Å². The molecule has 1 saturated heterocycles. The number of carbonyl (C=O) groups excluding carboxylic acids is 1. The number of methoxy groups -OCH3 is 2. The molecule has 0 spiro atoms. The third-order valence-corrected chi connectivity index (χ3v) is 4.09. The summed E-state index contributed by atoms with van der Waals surface area (Å²) >= 11 is 0. The summed E-state index contributed by atoms with van der Waals surface area (Å²) in [6, 6.07) is 5.93. The number of hydrogen-bond acceptors (Lipinski definition) is 5. The minimum Gasteiger partial charge on any atom is -0.493 e. The highest BCUT2D eigenvalue weighted by Crippen LogP contribution is 2.32. The SMILES string of the molecule is CCOC(=O)C1CCN(Cc2cccc(OC)c2OC)CC1. The van der Waals surface area contributed by atoms with Crippen molar-refractivity contribution in [3.63, 3.8) is 0 Å². The molecule has 5 heteroatoms. The van der Waals surface area contributed by atoms with Crippen LogP contribution in [-0.4, -0.2) is 44.8 Å². The van der Waals surface area contributed by atoms with E-state index < -0.39 is 0 Å². The fourth-order valence-corrected chi connectivity index (χ4v) is 2.91. The van der Waals surface area contributed by atoms with Crippen molar-refractivity contribution in [3.8, 4) is 11.5 Å². The maximum Gasteiger partial charge on any atom is 0.309 e. The molecule has 1 aliphatic rings. The summed E-state index contributed by atoms with van der Waals surface area (Å²) in [6.07, 6.45) is 1.70. The van der Waals surface area contributed by atoms with E-state index in [1.54, 1.807) is 14.2 Å². The zero-order valence-electron chi connectivity index (χ0n) is 13.6. The number of nitrogens with zero attached hydrogens (tertiary/aromatic N) is 1. The van der Waals surface area contributed by atoms with Crippen molar-refractivity contribution >= 4 is 5.97 Å². The Morgan fingerprint density at radius 1 is 1.23 bits per heavy atom. The summed E-state index contributed by atoms with van der Waals surface area (Å²) < 4.78 is 15.9. The molecule has 0 atom stereocenters. The van der Waals surface area contributed by atoms with Gasteiger partial charge in [0, 0.05) is 12.1 Å². The van der Waals surface area contributed by atoms with Crippen LogP contribution in [0, 0.1) is 5.92 Å². The second kappa shape index (κ2) is 8.03.